The van der Waals surface area contributed by atoms with Crippen molar-refractivity contribution in [1.29, 1.82) is 0 Å². The average Bonchev–Trinajstić information content (AvgIpc) is 3.15. The molecule has 1 N–H and O–H groups in total. The highest BCUT2D eigenvalue weighted by Crippen LogP contribution is 2.35. The number of pyridine rings is 1. The molecule has 4 rings (SSSR count). The van der Waals surface area contributed by atoms with E-state index in [9.17, 15) is 4.79 Å². The highest BCUT2D eigenvalue weighted by Gasteiger charge is 2.12. The molecule has 6 nitrogen and oxygen atoms in total. The van der Waals surface area contributed by atoms with Crippen LogP contribution in [0, 0.1) is 0 Å². The second kappa shape index (κ2) is 8.37. The van der Waals surface area contributed by atoms with Crippen LogP contribution < -0.4 is 10.1 Å². The van der Waals surface area contributed by atoms with E-state index in [-0.39, 0.29) is 12.3 Å². The standard InChI is InChI=1S/C20H16N4O2S2/c1-26-14-6-4-5-13(11-14)12-18(25)22-19-23-24-20(28-19)27-17-9-10-21-16-8-3-2-7-15(16)17/h2-11H,12H2,1H3,(H,22,23,25). The Balaban J connectivity index is 1.43. The number of hydrogen-bond acceptors (Lipinski definition) is 7. The van der Waals surface area contributed by atoms with E-state index in [1.165, 1.54) is 23.1 Å². The Kier molecular flexibility index (Phi) is 5.50. The molecule has 140 valence electrons. The van der Waals surface area contributed by atoms with Gasteiger partial charge in [-0.1, -0.05) is 53.4 Å². The van der Waals surface area contributed by atoms with Crippen LogP contribution in [0.5, 0.6) is 5.75 Å². The Morgan fingerprint density at radius 1 is 1.14 bits per heavy atom. The zero-order chi connectivity index (χ0) is 19.3. The van der Waals surface area contributed by atoms with Crippen molar-refractivity contribution in [2.24, 2.45) is 0 Å². The summed E-state index contributed by atoms with van der Waals surface area (Å²) >= 11 is 2.86. The lowest BCUT2D eigenvalue weighted by atomic mass is 10.1. The van der Waals surface area contributed by atoms with E-state index in [0.717, 1.165) is 31.5 Å². The highest BCUT2D eigenvalue weighted by molar-refractivity contribution is 8.01. The summed E-state index contributed by atoms with van der Waals surface area (Å²) < 4.78 is 5.94. The van der Waals surface area contributed by atoms with Crippen molar-refractivity contribution in [1.82, 2.24) is 15.2 Å². The van der Waals surface area contributed by atoms with Crippen LogP contribution in [0.15, 0.2) is 70.0 Å². The fourth-order valence-corrected chi connectivity index (χ4v) is 4.53. The van der Waals surface area contributed by atoms with Gasteiger partial charge in [0.25, 0.3) is 0 Å². The van der Waals surface area contributed by atoms with Crippen LogP contribution in [0.2, 0.25) is 0 Å². The van der Waals surface area contributed by atoms with E-state index in [0.29, 0.717) is 5.13 Å². The van der Waals surface area contributed by atoms with Crippen LogP contribution in [0.3, 0.4) is 0 Å². The fraction of sp³-hybridized carbons (Fsp3) is 0.100. The first-order valence-electron chi connectivity index (χ1n) is 8.49. The third-order valence-electron chi connectivity index (χ3n) is 3.96. The lowest BCUT2D eigenvalue weighted by molar-refractivity contribution is -0.115. The number of rotatable bonds is 6. The molecule has 0 aliphatic heterocycles. The first-order chi connectivity index (χ1) is 13.7. The molecule has 0 aliphatic carbocycles. The minimum atomic E-state index is -0.143. The van der Waals surface area contributed by atoms with Crippen molar-refractivity contribution in [3.05, 3.63) is 66.4 Å². The Labute approximate surface area is 170 Å². The van der Waals surface area contributed by atoms with Crippen molar-refractivity contribution in [2.75, 3.05) is 12.4 Å². The lowest BCUT2D eigenvalue weighted by Gasteiger charge is -2.04. The van der Waals surface area contributed by atoms with Crippen LogP contribution in [-0.2, 0) is 11.2 Å². The van der Waals surface area contributed by atoms with Gasteiger partial charge in [-0.3, -0.25) is 9.78 Å². The van der Waals surface area contributed by atoms with Crippen molar-refractivity contribution in [2.45, 2.75) is 15.7 Å². The van der Waals surface area contributed by atoms with E-state index in [1.54, 1.807) is 13.3 Å². The molecule has 2 aromatic carbocycles. The molecular formula is C20H16N4O2S2. The Hall–Kier alpha value is -2.97. The topological polar surface area (TPSA) is 77.0 Å². The summed E-state index contributed by atoms with van der Waals surface area (Å²) in [6.07, 6.45) is 2.02. The molecule has 0 radical (unpaired) electrons. The van der Waals surface area contributed by atoms with E-state index in [4.69, 9.17) is 4.74 Å². The third-order valence-corrected chi connectivity index (χ3v) is 5.92. The molecule has 28 heavy (non-hydrogen) atoms. The fourth-order valence-electron chi connectivity index (χ4n) is 2.69. The van der Waals surface area contributed by atoms with Gasteiger partial charge in [0.1, 0.15) is 5.75 Å². The van der Waals surface area contributed by atoms with E-state index in [1.807, 2.05) is 54.6 Å². The van der Waals surface area contributed by atoms with Crippen LogP contribution in [0.25, 0.3) is 10.9 Å². The maximum absolute atomic E-state index is 12.3. The van der Waals surface area contributed by atoms with E-state index >= 15 is 0 Å². The Bertz CT molecular complexity index is 1120. The molecule has 0 aliphatic rings. The number of hydrogen-bond donors (Lipinski definition) is 1. The number of nitrogens with zero attached hydrogens (tertiary/aromatic N) is 3. The van der Waals surface area contributed by atoms with Gasteiger partial charge in [0, 0.05) is 16.5 Å². The summed E-state index contributed by atoms with van der Waals surface area (Å²) in [7, 11) is 1.60. The van der Waals surface area contributed by atoms with Crippen LogP contribution in [-0.4, -0.2) is 28.2 Å². The molecule has 0 saturated carbocycles. The lowest BCUT2D eigenvalue weighted by Crippen LogP contribution is -2.14. The highest BCUT2D eigenvalue weighted by atomic mass is 32.2. The van der Waals surface area contributed by atoms with Crippen LogP contribution in [0.1, 0.15) is 5.56 Å². The number of anilines is 1. The molecule has 0 fully saturated rings. The number of aromatic nitrogens is 3. The van der Waals surface area contributed by atoms with Gasteiger partial charge < -0.3 is 10.1 Å². The SMILES string of the molecule is COc1cccc(CC(=O)Nc2nnc(Sc3ccnc4ccccc34)s2)c1. The summed E-state index contributed by atoms with van der Waals surface area (Å²) in [4.78, 5) is 17.7. The number of nitrogens with one attached hydrogen (secondary N) is 1. The summed E-state index contributed by atoms with van der Waals surface area (Å²) in [5.74, 6) is 0.583. The number of fused-ring (bicyclic) bond motifs is 1. The minimum absolute atomic E-state index is 0.143. The van der Waals surface area contributed by atoms with Crippen LogP contribution in [0.4, 0.5) is 5.13 Å². The Morgan fingerprint density at radius 3 is 2.93 bits per heavy atom. The number of benzene rings is 2. The van der Waals surface area contributed by atoms with Crippen LogP contribution >= 0.6 is 23.1 Å². The minimum Gasteiger partial charge on any atom is -0.497 e. The predicted octanol–water partition coefficient (Wildman–Crippen LogP) is 4.43. The molecule has 0 bridgehead atoms. The normalized spacial score (nSPS) is 10.8. The average molecular weight is 409 g/mol. The molecule has 2 heterocycles. The van der Waals surface area contributed by atoms with Gasteiger partial charge in [-0.2, -0.15) is 0 Å². The molecule has 0 spiro atoms. The zero-order valence-corrected chi connectivity index (χ0v) is 16.6. The third kappa shape index (κ3) is 4.29. The van der Waals surface area contributed by atoms with Gasteiger partial charge in [-0.25, -0.2) is 0 Å². The molecule has 1 amide bonds. The number of carbonyl (C=O) groups excluding carboxylic acids is 1. The van der Waals surface area contributed by atoms with Gasteiger partial charge in [-0.15, -0.1) is 10.2 Å². The molecule has 4 aromatic rings. The number of amides is 1. The van der Waals surface area contributed by atoms with Crippen molar-refractivity contribution in [3.63, 3.8) is 0 Å². The number of carbonyl (C=O) groups is 1. The number of ether oxygens (including phenoxy) is 1. The van der Waals surface area contributed by atoms with Gasteiger partial charge in [0.15, 0.2) is 4.34 Å². The zero-order valence-electron chi connectivity index (χ0n) is 15.0. The van der Waals surface area contributed by atoms with E-state index in [2.05, 4.69) is 20.5 Å². The quantitative estimate of drug-likeness (QED) is 0.476. The molecule has 0 saturated heterocycles. The molecule has 0 unspecified atom stereocenters. The Morgan fingerprint density at radius 2 is 2.04 bits per heavy atom. The molecule has 0 atom stereocenters. The largest absolute Gasteiger partial charge is 0.497 e. The predicted molar refractivity (Wildman–Crippen MR) is 111 cm³/mol. The molecule has 2 aromatic heterocycles. The monoisotopic (exact) mass is 408 g/mol. The smallest absolute Gasteiger partial charge is 0.230 e. The maximum Gasteiger partial charge on any atom is 0.230 e. The van der Waals surface area contributed by atoms with Gasteiger partial charge in [-0.05, 0) is 29.8 Å². The second-order valence-corrected chi connectivity index (χ2v) is 8.14. The summed E-state index contributed by atoms with van der Waals surface area (Å²) in [5, 5.41) is 12.6. The van der Waals surface area contributed by atoms with Gasteiger partial charge in [0.2, 0.25) is 11.0 Å². The first-order valence-corrected chi connectivity index (χ1v) is 10.1. The molecular weight excluding hydrogens is 392 g/mol. The first kappa shape index (κ1) is 18.4. The number of methoxy groups -OCH3 is 1. The number of para-hydroxylation sites is 1. The summed E-state index contributed by atoms with van der Waals surface area (Å²) in [6.45, 7) is 0. The maximum atomic E-state index is 12.3. The van der Waals surface area contributed by atoms with Gasteiger partial charge in [0.05, 0.1) is 19.0 Å². The van der Waals surface area contributed by atoms with Crippen molar-refractivity contribution < 1.29 is 9.53 Å². The second-order valence-electron chi connectivity index (χ2n) is 5.88. The van der Waals surface area contributed by atoms with E-state index < -0.39 is 0 Å². The summed E-state index contributed by atoms with van der Waals surface area (Å²) in [5.41, 5.74) is 1.81. The van der Waals surface area contributed by atoms with Gasteiger partial charge >= 0.3 is 0 Å². The van der Waals surface area contributed by atoms with Crippen molar-refractivity contribution in [3.8, 4) is 5.75 Å². The molecule has 8 heteroatoms. The summed E-state index contributed by atoms with van der Waals surface area (Å²) in [6, 6.07) is 17.3. The van der Waals surface area contributed by atoms with Crippen molar-refractivity contribution >= 4 is 45.0 Å².